The summed E-state index contributed by atoms with van der Waals surface area (Å²) >= 11 is 1.40. The molecule has 43 heavy (non-hydrogen) atoms. The van der Waals surface area contributed by atoms with Crippen molar-refractivity contribution in [1.29, 1.82) is 0 Å². The zero-order chi connectivity index (χ0) is 31.1. The van der Waals surface area contributed by atoms with Gasteiger partial charge in [0.15, 0.2) is 15.9 Å². The molecule has 226 valence electrons. The Labute approximate surface area is 254 Å². The molecule has 0 saturated carbocycles. The minimum absolute atomic E-state index is 0.0448. The molecule has 10 nitrogen and oxygen atoms in total. The van der Waals surface area contributed by atoms with Crippen LogP contribution >= 0.6 is 11.8 Å². The van der Waals surface area contributed by atoms with Gasteiger partial charge in [0, 0.05) is 23.9 Å². The monoisotopic (exact) mass is 623 g/mol. The lowest BCUT2D eigenvalue weighted by molar-refractivity contribution is -0.168. The number of β-lactam (4-membered cyclic amide) rings is 1. The van der Waals surface area contributed by atoms with Crippen molar-refractivity contribution >= 4 is 39.3 Å². The zero-order valence-corrected chi connectivity index (χ0v) is 25.6. The Kier molecular flexibility index (Phi) is 8.30. The fourth-order valence-electron chi connectivity index (χ4n) is 5.55. The number of benzene rings is 3. The summed E-state index contributed by atoms with van der Waals surface area (Å²) in [6, 6.07) is 18.2. The minimum Gasteiger partial charge on any atom is -0.508 e. The summed E-state index contributed by atoms with van der Waals surface area (Å²) in [5.41, 5.74) is 2.13. The summed E-state index contributed by atoms with van der Waals surface area (Å²) in [7, 11) is -3.35. The molecule has 3 amide bonds. The molecule has 3 N–H and O–H groups in total. The van der Waals surface area contributed by atoms with Gasteiger partial charge >= 0.3 is 0 Å². The molecule has 2 saturated heterocycles. The normalized spacial score (nSPS) is 21.1. The SMILES string of the molecule is Cc1c(O)cccc1C(=O)N[C@@H](Cc1ccccc1)[C@H](O)C(=O)N1CSC2(C)[C@H]1C(=O)N2Cc1ccc(S(C)(=O)=O)cc1. The molecule has 2 heterocycles. The molecule has 3 aromatic carbocycles. The van der Waals surface area contributed by atoms with Crippen molar-refractivity contribution in [2.75, 3.05) is 12.1 Å². The van der Waals surface area contributed by atoms with Gasteiger partial charge in [0.2, 0.25) is 5.91 Å². The number of hydrogen-bond acceptors (Lipinski definition) is 8. The summed E-state index contributed by atoms with van der Waals surface area (Å²) in [6.45, 7) is 3.71. The van der Waals surface area contributed by atoms with Gasteiger partial charge in [-0.05, 0) is 55.7 Å². The minimum atomic E-state index is -3.35. The van der Waals surface area contributed by atoms with Crippen molar-refractivity contribution in [2.45, 2.75) is 54.8 Å². The number of aromatic hydroxyl groups is 1. The predicted octanol–water partition coefficient (Wildman–Crippen LogP) is 2.47. The van der Waals surface area contributed by atoms with E-state index >= 15 is 0 Å². The smallest absolute Gasteiger partial charge is 0.255 e. The summed E-state index contributed by atoms with van der Waals surface area (Å²) in [6.07, 6.45) is -0.357. The van der Waals surface area contributed by atoms with Crippen LogP contribution in [0, 0.1) is 6.92 Å². The van der Waals surface area contributed by atoms with Gasteiger partial charge in [-0.15, -0.1) is 11.8 Å². The Morgan fingerprint density at radius 2 is 1.72 bits per heavy atom. The Bertz CT molecular complexity index is 1660. The molecule has 2 fully saturated rings. The molecule has 2 aliphatic heterocycles. The van der Waals surface area contributed by atoms with E-state index in [1.54, 1.807) is 36.1 Å². The molecular weight excluding hydrogens is 590 g/mol. The third-order valence-electron chi connectivity index (χ3n) is 8.12. The standard InChI is InChI=1S/C31H33N3O7S2/c1-19-23(10-7-11-25(19)35)28(37)32-24(16-20-8-5-4-6-9-20)26(36)29(38)33-18-42-31(2)27(33)30(39)34(31)17-21-12-14-22(15-13-21)43(3,40)41/h4-15,24,26-27,35-36H,16-18H2,1-3H3,(H,32,37)/t24-,26-,27+,31?/m0/s1. The summed E-state index contributed by atoms with van der Waals surface area (Å²) < 4.78 is 23.6. The highest BCUT2D eigenvalue weighted by Crippen LogP contribution is 2.51. The average molecular weight is 624 g/mol. The predicted molar refractivity (Wildman–Crippen MR) is 162 cm³/mol. The first-order valence-corrected chi connectivity index (χ1v) is 16.6. The van der Waals surface area contributed by atoms with Crippen LogP contribution in [0.25, 0.3) is 0 Å². The number of aliphatic hydroxyl groups is 1. The van der Waals surface area contributed by atoms with E-state index in [9.17, 15) is 33.0 Å². The molecule has 0 aromatic heterocycles. The van der Waals surface area contributed by atoms with Gasteiger partial charge in [0.1, 0.15) is 16.7 Å². The van der Waals surface area contributed by atoms with Crippen LogP contribution in [0.15, 0.2) is 77.7 Å². The molecule has 0 spiro atoms. The van der Waals surface area contributed by atoms with Gasteiger partial charge in [-0.1, -0.05) is 48.5 Å². The van der Waals surface area contributed by atoms with E-state index < -0.39 is 44.7 Å². The second-order valence-corrected chi connectivity index (χ2v) is 14.4. The number of fused-ring (bicyclic) bond motifs is 1. The Morgan fingerprint density at radius 3 is 2.37 bits per heavy atom. The summed E-state index contributed by atoms with van der Waals surface area (Å²) in [5.74, 6) is -1.37. The fourth-order valence-corrected chi connectivity index (χ4v) is 7.55. The Hall–Kier alpha value is -3.87. The molecule has 3 aromatic rings. The van der Waals surface area contributed by atoms with Crippen LogP contribution in [-0.2, 0) is 32.4 Å². The van der Waals surface area contributed by atoms with E-state index in [2.05, 4.69) is 5.32 Å². The van der Waals surface area contributed by atoms with Crippen LogP contribution in [0.2, 0.25) is 0 Å². The number of carbonyl (C=O) groups is 3. The third kappa shape index (κ3) is 5.86. The largest absolute Gasteiger partial charge is 0.508 e. The van der Waals surface area contributed by atoms with Crippen molar-refractivity contribution in [3.05, 3.63) is 95.1 Å². The number of rotatable bonds is 9. The van der Waals surface area contributed by atoms with Crippen molar-refractivity contribution in [3.63, 3.8) is 0 Å². The topological polar surface area (TPSA) is 144 Å². The van der Waals surface area contributed by atoms with Gasteiger partial charge in [-0.2, -0.15) is 0 Å². The molecule has 0 radical (unpaired) electrons. The maximum Gasteiger partial charge on any atom is 0.255 e. The summed E-state index contributed by atoms with van der Waals surface area (Å²) in [5, 5.41) is 24.2. The highest BCUT2D eigenvalue weighted by Gasteiger charge is 2.65. The van der Waals surface area contributed by atoms with E-state index in [1.807, 2.05) is 37.3 Å². The number of likely N-dealkylation sites (tertiary alicyclic amines) is 1. The van der Waals surface area contributed by atoms with Gasteiger partial charge in [0.05, 0.1) is 16.8 Å². The number of nitrogens with zero attached hydrogens (tertiary/aromatic N) is 2. The third-order valence-corrected chi connectivity index (χ3v) is 10.7. The lowest BCUT2D eigenvalue weighted by Gasteiger charge is -2.52. The van der Waals surface area contributed by atoms with E-state index in [-0.39, 0.29) is 41.0 Å². The van der Waals surface area contributed by atoms with Crippen LogP contribution in [-0.4, -0.2) is 81.3 Å². The molecule has 12 heteroatoms. The van der Waals surface area contributed by atoms with Crippen molar-refractivity contribution < 1.29 is 33.0 Å². The van der Waals surface area contributed by atoms with Crippen molar-refractivity contribution in [3.8, 4) is 5.75 Å². The van der Waals surface area contributed by atoms with Crippen LogP contribution in [0.1, 0.15) is 34.0 Å². The van der Waals surface area contributed by atoms with E-state index in [4.69, 9.17) is 0 Å². The molecule has 0 aliphatic carbocycles. The number of phenolic OH excluding ortho intramolecular Hbond substituents is 1. The Balaban J connectivity index is 1.33. The lowest BCUT2D eigenvalue weighted by atomic mass is 9.92. The van der Waals surface area contributed by atoms with E-state index in [1.165, 1.54) is 34.9 Å². The average Bonchev–Trinajstić information content (AvgIpc) is 3.30. The fraction of sp³-hybridized carbons (Fsp3) is 0.323. The maximum absolute atomic E-state index is 13.7. The number of carbonyl (C=O) groups excluding carboxylic acids is 3. The number of hydrogen-bond donors (Lipinski definition) is 3. The molecule has 1 unspecified atom stereocenters. The first-order chi connectivity index (χ1) is 20.3. The van der Waals surface area contributed by atoms with Gasteiger partial charge in [-0.3, -0.25) is 14.4 Å². The quantitative estimate of drug-likeness (QED) is 0.309. The van der Waals surface area contributed by atoms with Gasteiger partial charge < -0.3 is 25.3 Å². The molecule has 4 atom stereocenters. The highest BCUT2D eigenvalue weighted by molar-refractivity contribution is 8.01. The molecule has 5 rings (SSSR count). The van der Waals surface area contributed by atoms with Crippen LogP contribution < -0.4 is 5.32 Å². The lowest BCUT2D eigenvalue weighted by Crippen LogP contribution is -2.73. The second kappa shape index (κ2) is 11.7. The number of phenols is 1. The van der Waals surface area contributed by atoms with Crippen LogP contribution in [0.3, 0.4) is 0 Å². The second-order valence-electron chi connectivity index (χ2n) is 11.0. The molecular formula is C31H33N3O7S2. The number of nitrogens with one attached hydrogen (secondary N) is 1. The number of amides is 3. The number of aliphatic hydroxyl groups excluding tert-OH is 1. The van der Waals surface area contributed by atoms with E-state index in [0.717, 1.165) is 17.4 Å². The van der Waals surface area contributed by atoms with Crippen LogP contribution in [0.4, 0.5) is 0 Å². The van der Waals surface area contributed by atoms with E-state index in [0.29, 0.717) is 5.56 Å². The molecule has 0 bridgehead atoms. The number of sulfone groups is 1. The number of thioether (sulfide) groups is 1. The first kappa shape index (κ1) is 30.6. The van der Waals surface area contributed by atoms with Gasteiger partial charge in [-0.25, -0.2) is 8.42 Å². The summed E-state index contributed by atoms with van der Waals surface area (Å²) in [4.78, 5) is 42.8. The first-order valence-electron chi connectivity index (χ1n) is 13.7. The van der Waals surface area contributed by atoms with Gasteiger partial charge in [0.25, 0.3) is 11.8 Å². The zero-order valence-electron chi connectivity index (χ0n) is 23.9. The highest BCUT2D eigenvalue weighted by atomic mass is 32.2. The van der Waals surface area contributed by atoms with Crippen molar-refractivity contribution in [2.24, 2.45) is 0 Å². The Morgan fingerprint density at radius 1 is 1.05 bits per heavy atom. The van der Waals surface area contributed by atoms with Crippen LogP contribution in [0.5, 0.6) is 5.75 Å². The molecule has 2 aliphatic rings. The maximum atomic E-state index is 13.7. The van der Waals surface area contributed by atoms with Crippen molar-refractivity contribution in [1.82, 2.24) is 15.1 Å².